The molecule has 4 nitrogen and oxygen atoms in total. The maximum atomic E-state index is 11.4. The number of hydrogen-bond donors (Lipinski definition) is 2. The smallest absolute Gasteiger partial charge is 0.341 e. The first-order valence-corrected chi connectivity index (χ1v) is 6.58. The molecule has 5 heteroatoms. The number of anilines is 1. The zero-order chi connectivity index (χ0) is 13.8. The molecule has 1 heterocycles. The molecule has 2 N–H and O–H groups in total. The summed E-state index contributed by atoms with van der Waals surface area (Å²) in [6, 6.07) is 7.25. The molecule has 0 aliphatic heterocycles. The SMILES string of the molecule is CCCCNc1nc2ccccc2c(Cl)c1C(=O)O. The van der Waals surface area contributed by atoms with E-state index in [1.165, 1.54) is 0 Å². The number of unbranched alkanes of at least 4 members (excludes halogenated alkanes) is 1. The van der Waals surface area contributed by atoms with Crippen LogP contribution in [0.3, 0.4) is 0 Å². The lowest BCUT2D eigenvalue weighted by Crippen LogP contribution is -2.10. The highest BCUT2D eigenvalue weighted by Gasteiger charge is 2.19. The van der Waals surface area contributed by atoms with Crippen molar-refractivity contribution >= 4 is 34.3 Å². The van der Waals surface area contributed by atoms with Gasteiger partial charge in [0, 0.05) is 11.9 Å². The Balaban J connectivity index is 2.53. The molecule has 2 aromatic rings. The van der Waals surface area contributed by atoms with Crippen LogP contribution >= 0.6 is 11.6 Å². The zero-order valence-electron chi connectivity index (χ0n) is 10.6. The highest BCUT2D eigenvalue weighted by atomic mass is 35.5. The second-order valence-corrected chi connectivity index (χ2v) is 4.63. The Morgan fingerprint density at radius 3 is 2.84 bits per heavy atom. The quantitative estimate of drug-likeness (QED) is 0.817. The minimum atomic E-state index is -1.07. The highest BCUT2D eigenvalue weighted by molar-refractivity contribution is 6.38. The number of carboxylic acids is 1. The van der Waals surface area contributed by atoms with Crippen LogP contribution in [0.1, 0.15) is 30.1 Å². The van der Waals surface area contributed by atoms with Gasteiger partial charge in [-0.25, -0.2) is 9.78 Å². The van der Waals surface area contributed by atoms with Gasteiger partial charge in [0.15, 0.2) is 0 Å². The number of nitrogens with one attached hydrogen (secondary N) is 1. The number of benzene rings is 1. The number of para-hydroxylation sites is 1. The first-order chi connectivity index (χ1) is 9.15. The molecular formula is C14H15ClN2O2. The van der Waals surface area contributed by atoms with Gasteiger partial charge in [0.1, 0.15) is 11.4 Å². The number of aromatic carboxylic acids is 1. The minimum absolute atomic E-state index is 0.0384. The first kappa shape index (κ1) is 13.6. The molecule has 1 aromatic carbocycles. The summed E-state index contributed by atoms with van der Waals surface area (Å²) < 4.78 is 0. The first-order valence-electron chi connectivity index (χ1n) is 6.20. The van der Waals surface area contributed by atoms with E-state index < -0.39 is 5.97 Å². The van der Waals surface area contributed by atoms with Crippen LogP contribution in [-0.2, 0) is 0 Å². The normalized spacial score (nSPS) is 10.6. The predicted octanol–water partition coefficient (Wildman–Crippen LogP) is 3.80. The predicted molar refractivity (Wildman–Crippen MR) is 77.1 cm³/mol. The lowest BCUT2D eigenvalue weighted by atomic mass is 10.1. The summed E-state index contributed by atoms with van der Waals surface area (Å²) in [6.45, 7) is 2.75. The second-order valence-electron chi connectivity index (χ2n) is 4.25. The molecule has 0 aliphatic rings. The van der Waals surface area contributed by atoms with E-state index in [0.29, 0.717) is 23.3 Å². The van der Waals surface area contributed by atoms with E-state index >= 15 is 0 Å². The monoisotopic (exact) mass is 278 g/mol. The van der Waals surface area contributed by atoms with E-state index in [0.717, 1.165) is 12.8 Å². The molecule has 0 bridgehead atoms. The summed E-state index contributed by atoms with van der Waals surface area (Å²) in [5.41, 5.74) is 0.730. The average Bonchev–Trinajstić information content (AvgIpc) is 2.39. The number of aromatic nitrogens is 1. The molecule has 0 amide bonds. The third kappa shape index (κ3) is 2.79. The van der Waals surface area contributed by atoms with Crippen molar-refractivity contribution in [2.75, 3.05) is 11.9 Å². The molecule has 100 valence electrons. The van der Waals surface area contributed by atoms with E-state index in [-0.39, 0.29) is 10.6 Å². The third-order valence-electron chi connectivity index (χ3n) is 2.87. The summed E-state index contributed by atoms with van der Waals surface area (Å²) in [5, 5.41) is 13.2. The van der Waals surface area contributed by atoms with Gasteiger partial charge in [-0.15, -0.1) is 0 Å². The number of nitrogens with zero attached hydrogens (tertiary/aromatic N) is 1. The van der Waals surface area contributed by atoms with Crippen molar-refractivity contribution in [1.82, 2.24) is 4.98 Å². The highest BCUT2D eigenvalue weighted by Crippen LogP contribution is 2.30. The Morgan fingerprint density at radius 1 is 1.42 bits per heavy atom. The maximum Gasteiger partial charge on any atom is 0.341 e. The van der Waals surface area contributed by atoms with Crippen molar-refractivity contribution < 1.29 is 9.90 Å². The van der Waals surface area contributed by atoms with Gasteiger partial charge in [0.2, 0.25) is 0 Å². The summed E-state index contributed by atoms with van der Waals surface area (Å²) in [6.07, 6.45) is 1.97. The molecule has 2 rings (SSSR count). The lowest BCUT2D eigenvalue weighted by Gasteiger charge is -2.11. The number of fused-ring (bicyclic) bond motifs is 1. The largest absolute Gasteiger partial charge is 0.478 e. The van der Waals surface area contributed by atoms with Crippen molar-refractivity contribution in [2.45, 2.75) is 19.8 Å². The number of carbonyl (C=O) groups is 1. The van der Waals surface area contributed by atoms with E-state index in [2.05, 4.69) is 17.2 Å². The van der Waals surface area contributed by atoms with Crippen LogP contribution in [0, 0.1) is 0 Å². The van der Waals surface area contributed by atoms with Crippen molar-refractivity contribution in [2.24, 2.45) is 0 Å². The molecule has 0 unspecified atom stereocenters. The summed E-state index contributed by atoms with van der Waals surface area (Å²) in [4.78, 5) is 15.7. The Labute approximate surface area is 116 Å². The Hall–Kier alpha value is -1.81. The van der Waals surface area contributed by atoms with Gasteiger partial charge < -0.3 is 10.4 Å². The molecule has 19 heavy (non-hydrogen) atoms. The molecule has 0 aliphatic carbocycles. The summed E-state index contributed by atoms with van der Waals surface area (Å²) in [7, 11) is 0. The van der Waals surface area contributed by atoms with Crippen LogP contribution in [0.15, 0.2) is 24.3 Å². The van der Waals surface area contributed by atoms with Gasteiger partial charge in [0.05, 0.1) is 10.5 Å². The number of hydrogen-bond acceptors (Lipinski definition) is 3. The van der Waals surface area contributed by atoms with Gasteiger partial charge in [-0.05, 0) is 12.5 Å². The van der Waals surface area contributed by atoms with Crippen molar-refractivity contribution in [1.29, 1.82) is 0 Å². The van der Waals surface area contributed by atoms with Crippen LogP contribution in [0.5, 0.6) is 0 Å². The van der Waals surface area contributed by atoms with Crippen LogP contribution < -0.4 is 5.32 Å². The molecular weight excluding hydrogens is 264 g/mol. The molecule has 0 saturated heterocycles. The second kappa shape index (κ2) is 5.89. The van der Waals surface area contributed by atoms with E-state index in [4.69, 9.17) is 11.6 Å². The fourth-order valence-electron chi connectivity index (χ4n) is 1.88. The Bertz CT molecular complexity index is 614. The fourth-order valence-corrected chi connectivity index (χ4v) is 2.21. The number of halogens is 1. The van der Waals surface area contributed by atoms with Crippen LogP contribution in [0.2, 0.25) is 5.02 Å². The van der Waals surface area contributed by atoms with Crippen molar-refractivity contribution in [3.63, 3.8) is 0 Å². The Kier molecular flexibility index (Phi) is 4.22. The molecule has 0 radical (unpaired) electrons. The molecule has 0 spiro atoms. The summed E-state index contributed by atoms with van der Waals surface area (Å²) >= 11 is 6.19. The van der Waals surface area contributed by atoms with E-state index in [1.54, 1.807) is 6.07 Å². The Morgan fingerprint density at radius 2 is 2.16 bits per heavy atom. The number of pyridine rings is 1. The van der Waals surface area contributed by atoms with Crippen LogP contribution in [0.25, 0.3) is 10.9 Å². The van der Waals surface area contributed by atoms with Gasteiger partial charge >= 0.3 is 5.97 Å². The van der Waals surface area contributed by atoms with Crippen molar-refractivity contribution in [3.8, 4) is 0 Å². The van der Waals surface area contributed by atoms with E-state index in [1.807, 2.05) is 18.2 Å². The minimum Gasteiger partial charge on any atom is -0.478 e. The fraction of sp³-hybridized carbons (Fsp3) is 0.286. The van der Waals surface area contributed by atoms with Crippen molar-refractivity contribution in [3.05, 3.63) is 34.9 Å². The van der Waals surface area contributed by atoms with Gasteiger partial charge in [-0.3, -0.25) is 0 Å². The molecule has 1 aromatic heterocycles. The topological polar surface area (TPSA) is 62.2 Å². The standard InChI is InChI=1S/C14H15ClN2O2/c1-2-3-8-16-13-11(14(18)19)12(15)9-6-4-5-7-10(9)17-13/h4-7H,2-3,8H2,1H3,(H,16,17)(H,18,19). The number of carboxylic acid groups (broad SMARTS) is 1. The molecule has 0 fully saturated rings. The zero-order valence-corrected chi connectivity index (χ0v) is 11.4. The van der Waals surface area contributed by atoms with Crippen LogP contribution in [-0.4, -0.2) is 22.6 Å². The maximum absolute atomic E-state index is 11.4. The van der Waals surface area contributed by atoms with Gasteiger partial charge in [0.25, 0.3) is 0 Å². The lowest BCUT2D eigenvalue weighted by molar-refractivity contribution is 0.0698. The van der Waals surface area contributed by atoms with Gasteiger partial charge in [-0.2, -0.15) is 0 Å². The molecule has 0 atom stereocenters. The van der Waals surface area contributed by atoms with Crippen LogP contribution in [0.4, 0.5) is 5.82 Å². The van der Waals surface area contributed by atoms with Gasteiger partial charge in [-0.1, -0.05) is 43.1 Å². The number of rotatable bonds is 5. The van der Waals surface area contributed by atoms with E-state index in [9.17, 15) is 9.90 Å². The third-order valence-corrected chi connectivity index (χ3v) is 3.26. The molecule has 0 saturated carbocycles. The summed E-state index contributed by atoms with van der Waals surface area (Å²) in [5.74, 6) is -0.730. The average molecular weight is 279 g/mol.